The lowest BCUT2D eigenvalue weighted by Gasteiger charge is -2.05. The van der Waals surface area contributed by atoms with E-state index in [1.54, 1.807) is 0 Å². The van der Waals surface area contributed by atoms with Crippen LogP contribution in [0.25, 0.3) is 11.0 Å². The normalized spacial score (nSPS) is 10.8. The van der Waals surface area contributed by atoms with Crippen molar-refractivity contribution in [2.75, 3.05) is 0 Å². The van der Waals surface area contributed by atoms with Crippen molar-refractivity contribution in [1.29, 1.82) is 0 Å². The van der Waals surface area contributed by atoms with Crippen LogP contribution >= 0.6 is 0 Å². The summed E-state index contributed by atoms with van der Waals surface area (Å²) in [6.07, 6.45) is 0.253. The second-order valence-electron chi connectivity index (χ2n) is 3.44. The Morgan fingerprint density at radius 1 is 1.41 bits per heavy atom. The zero-order valence-electron chi connectivity index (χ0n) is 8.58. The summed E-state index contributed by atoms with van der Waals surface area (Å²) in [6.45, 7) is 1.36. The molecule has 6 heteroatoms. The highest BCUT2D eigenvalue weighted by Gasteiger charge is 2.19. The van der Waals surface area contributed by atoms with Gasteiger partial charge >= 0.3 is 5.63 Å². The fourth-order valence-corrected chi connectivity index (χ4v) is 1.55. The van der Waals surface area contributed by atoms with Crippen LogP contribution in [0.15, 0.2) is 15.3 Å². The summed E-state index contributed by atoms with van der Waals surface area (Å²) in [7, 11) is 0. The van der Waals surface area contributed by atoms with Gasteiger partial charge in [0, 0.05) is 5.39 Å². The van der Waals surface area contributed by atoms with Crippen molar-refractivity contribution in [2.45, 2.75) is 6.92 Å². The van der Waals surface area contributed by atoms with Crippen LogP contribution in [0.3, 0.4) is 0 Å². The molecule has 0 atom stereocenters. The summed E-state index contributed by atoms with van der Waals surface area (Å²) < 4.78 is 31.1. The van der Waals surface area contributed by atoms with E-state index in [9.17, 15) is 18.4 Å². The highest BCUT2D eigenvalue weighted by Crippen LogP contribution is 2.30. The molecule has 0 radical (unpaired) electrons. The van der Waals surface area contributed by atoms with Crippen LogP contribution in [0.2, 0.25) is 0 Å². The standard InChI is InChI=1S/C11H6F2O4/c1-4-5-2-7(12)9(15)8(13)10(5)17-11(16)6(4)3-14/h2-3,15H,1H3. The SMILES string of the molecule is Cc1c(C=O)c(=O)oc2c(F)c(O)c(F)cc12. The first-order valence-corrected chi connectivity index (χ1v) is 4.57. The molecule has 1 aromatic heterocycles. The van der Waals surface area contributed by atoms with Gasteiger partial charge in [0.25, 0.3) is 0 Å². The lowest BCUT2D eigenvalue weighted by Crippen LogP contribution is -2.10. The van der Waals surface area contributed by atoms with Crippen LogP contribution in [0.5, 0.6) is 5.75 Å². The van der Waals surface area contributed by atoms with Crippen molar-refractivity contribution in [3.8, 4) is 5.75 Å². The second kappa shape index (κ2) is 3.65. The zero-order chi connectivity index (χ0) is 12.7. The molecule has 1 heterocycles. The first-order chi connectivity index (χ1) is 7.97. The number of phenols is 1. The molecule has 0 saturated heterocycles. The van der Waals surface area contributed by atoms with Gasteiger partial charge in [-0.05, 0) is 18.6 Å². The van der Waals surface area contributed by atoms with Crippen molar-refractivity contribution in [3.63, 3.8) is 0 Å². The van der Waals surface area contributed by atoms with E-state index in [2.05, 4.69) is 4.42 Å². The van der Waals surface area contributed by atoms with Crippen molar-refractivity contribution >= 4 is 17.3 Å². The van der Waals surface area contributed by atoms with Gasteiger partial charge in [0.15, 0.2) is 23.4 Å². The number of carbonyl (C=O) groups excluding carboxylic acids is 1. The molecule has 0 fully saturated rings. The molecule has 2 aromatic rings. The van der Waals surface area contributed by atoms with E-state index >= 15 is 0 Å². The number of benzene rings is 1. The summed E-state index contributed by atoms with van der Waals surface area (Å²) in [5, 5.41) is 8.96. The van der Waals surface area contributed by atoms with E-state index in [0.29, 0.717) is 0 Å². The van der Waals surface area contributed by atoms with Crippen LogP contribution in [0, 0.1) is 18.6 Å². The maximum atomic E-state index is 13.4. The Hall–Kier alpha value is -2.24. The molecule has 0 amide bonds. The van der Waals surface area contributed by atoms with Crippen LogP contribution in [-0.2, 0) is 0 Å². The Labute approximate surface area is 93.1 Å². The largest absolute Gasteiger partial charge is 0.503 e. The summed E-state index contributed by atoms with van der Waals surface area (Å²) in [5.41, 5.74) is -1.81. The minimum absolute atomic E-state index is 0.0699. The van der Waals surface area contributed by atoms with Crippen molar-refractivity contribution in [3.05, 3.63) is 39.2 Å². The van der Waals surface area contributed by atoms with Crippen molar-refractivity contribution < 1.29 is 23.1 Å². The number of aryl methyl sites for hydroxylation is 1. The molecular weight excluding hydrogens is 234 g/mol. The van der Waals surface area contributed by atoms with Gasteiger partial charge in [-0.15, -0.1) is 0 Å². The minimum Gasteiger partial charge on any atom is -0.503 e. The van der Waals surface area contributed by atoms with Gasteiger partial charge in [-0.1, -0.05) is 0 Å². The number of rotatable bonds is 1. The number of hydrogen-bond donors (Lipinski definition) is 1. The molecule has 17 heavy (non-hydrogen) atoms. The molecule has 0 aliphatic rings. The number of aldehydes is 1. The van der Waals surface area contributed by atoms with E-state index in [1.165, 1.54) is 6.92 Å². The number of halogens is 2. The summed E-state index contributed by atoms with van der Waals surface area (Å²) in [4.78, 5) is 21.9. The molecule has 88 valence electrons. The molecule has 0 bridgehead atoms. The molecule has 0 aliphatic carbocycles. The number of phenolic OH excluding ortho intramolecular Hbond substituents is 1. The van der Waals surface area contributed by atoms with Crippen LogP contribution in [0.4, 0.5) is 8.78 Å². The molecular formula is C11H6F2O4. The first kappa shape index (κ1) is 11.3. The van der Waals surface area contributed by atoms with Crippen molar-refractivity contribution in [1.82, 2.24) is 0 Å². The summed E-state index contributed by atoms with van der Waals surface area (Å²) in [6, 6.07) is 0.805. The Balaban J connectivity index is 3.08. The van der Waals surface area contributed by atoms with Crippen LogP contribution in [0.1, 0.15) is 15.9 Å². The van der Waals surface area contributed by atoms with E-state index in [0.717, 1.165) is 6.07 Å². The summed E-state index contributed by atoms with van der Waals surface area (Å²) in [5.74, 6) is -3.78. The lowest BCUT2D eigenvalue weighted by molar-refractivity contribution is 0.111. The fraction of sp³-hybridized carbons (Fsp3) is 0.0909. The van der Waals surface area contributed by atoms with Gasteiger partial charge in [0.2, 0.25) is 5.82 Å². The van der Waals surface area contributed by atoms with Crippen molar-refractivity contribution in [2.24, 2.45) is 0 Å². The Kier molecular flexibility index (Phi) is 2.42. The minimum atomic E-state index is -1.36. The molecule has 0 aliphatic heterocycles. The second-order valence-corrected chi connectivity index (χ2v) is 3.44. The number of aromatic hydroxyl groups is 1. The third-order valence-electron chi connectivity index (χ3n) is 2.49. The Morgan fingerprint density at radius 3 is 2.65 bits per heavy atom. The van der Waals surface area contributed by atoms with Crippen LogP contribution in [-0.4, -0.2) is 11.4 Å². The Bertz CT molecular complexity index is 688. The summed E-state index contributed by atoms with van der Waals surface area (Å²) >= 11 is 0. The predicted octanol–water partition coefficient (Wildman–Crippen LogP) is 1.90. The molecule has 1 aromatic carbocycles. The average molecular weight is 240 g/mol. The first-order valence-electron chi connectivity index (χ1n) is 4.57. The van der Waals surface area contributed by atoms with Gasteiger partial charge in [0.1, 0.15) is 5.56 Å². The highest BCUT2D eigenvalue weighted by molar-refractivity contribution is 5.89. The predicted molar refractivity (Wildman–Crippen MR) is 54.2 cm³/mol. The molecule has 0 saturated carbocycles. The number of fused-ring (bicyclic) bond motifs is 1. The monoisotopic (exact) mass is 240 g/mol. The maximum Gasteiger partial charge on any atom is 0.347 e. The third kappa shape index (κ3) is 1.49. The third-order valence-corrected chi connectivity index (χ3v) is 2.49. The Morgan fingerprint density at radius 2 is 2.06 bits per heavy atom. The molecule has 0 spiro atoms. The average Bonchev–Trinajstić information content (AvgIpc) is 2.29. The molecule has 4 nitrogen and oxygen atoms in total. The van der Waals surface area contributed by atoms with Gasteiger partial charge in [-0.3, -0.25) is 4.79 Å². The quantitative estimate of drug-likeness (QED) is 0.610. The van der Waals surface area contributed by atoms with E-state index < -0.39 is 28.6 Å². The number of hydrogen-bond acceptors (Lipinski definition) is 4. The van der Waals surface area contributed by atoms with E-state index in [4.69, 9.17) is 5.11 Å². The fourth-order valence-electron chi connectivity index (χ4n) is 1.55. The molecule has 2 rings (SSSR count). The van der Waals surface area contributed by atoms with Crippen LogP contribution < -0.4 is 5.63 Å². The molecule has 1 N–H and O–H groups in total. The topological polar surface area (TPSA) is 67.5 Å². The van der Waals surface area contributed by atoms with Gasteiger partial charge in [-0.2, -0.15) is 4.39 Å². The maximum absolute atomic E-state index is 13.4. The van der Waals surface area contributed by atoms with E-state index in [-0.39, 0.29) is 22.8 Å². The van der Waals surface area contributed by atoms with Gasteiger partial charge < -0.3 is 9.52 Å². The zero-order valence-corrected chi connectivity index (χ0v) is 8.58. The van der Waals surface area contributed by atoms with E-state index in [1.807, 2.05) is 0 Å². The smallest absolute Gasteiger partial charge is 0.347 e. The highest BCUT2D eigenvalue weighted by atomic mass is 19.1. The lowest BCUT2D eigenvalue weighted by atomic mass is 10.1. The van der Waals surface area contributed by atoms with Gasteiger partial charge in [0.05, 0.1) is 0 Å². The molecule has 0 unspecified atom stereocenters. The van der Waals surface area contributed by atoms with Gasteiger partial charge in [-0.25, -0.2) is 9.18 Å². The number of carbonyl (C=O) groups is 1.